The summed E-state index contributed by atoms with van der Waals surface area (Å²) in [5.74, 6) is 0. The molecule has 1 saturated carbocycles. The van der Waals surface area contributed by atoms with Crippen molar-refractivity contribution in [2.75, 3.05) is 12.8 Å². The molecule has 0 bridgehead atoms. The maximum absolute atomic E-state index is 11.6. The Hall–Kier alpha value is -0.820. The van der Waals surface area contributed by atoms with Crippen LogP contribution in [-0.4, -0.2) is 43.7 Å². The van der Waals surface area contributed by atoms with Gasteiger partial charge in [-0.2, -0.15) is 0 Å². The molecule has 0 aromatic rings. The number of carbonyl (C=O) groups excluding carboxylic acids is 1. The van der Waals surface area contributed by atoms with Gasteiger partial charge in [0.2, 0.25) is 0 Å². The van der Waals surface area contributed by atoms with Crippen LogP contribution in [0.1, 0.15) is 27.2 Å². The molecule has 17 heavy (non-hydrogen) atoms. The van der Waals surface area contributed by atoms with E-state index in [0.29, 0.717) is 6.42 Å². The lowest BCUT2D eigenvalue weighted by atomic mass is 10.2. The molecule has 100 valence electrons. The zero-order chi connectivity index (χ0) is 13.5. The summed E-state index contributed by atoms with van der Waals surface area (Å²) in [5.41, 5.74) is 4.07. The average molecular weight is 264 g/mol. The van der Waals surface area contributed by atoms with E-state index in [-0.39, 0.29) is 6.54 Å². The van der Waals surface area contributed by atoms with E-state index in [1.54, 1.807) is 20.8 Å². The molecule has 1 amide bonds. The van der Waals surface area contributed by atoms with Gasteiger partial charge in [-0.15, -0.1) is 0 Å². The SMILES string of the molecule is CC(C)(C)OC(=O)N[C@]1(CN)C[C@H]1S(C)(=O)=O. The monoisotopic (exact) mass is 264 g/mol. The molecule has 3 N–H and O–H groups in total. The molecule has 7 heteroatoms. The molecule has 0 unspecified atom stereocenters. The molecular formula is C10H20N2O4S. The smallest absolute Gasteiger partial charge is 0.408 e. The molecule has 2 atom stereocenters. The molecule has 0 heterocycles. The third-order valence-corrected chi connectivity index (χ3v) is 4.29. The fraction of sp³-hybridized carbons (Fsp3) is 0.900. The summed E-state index contributed by atoms with van der Waals surface area (Å²) >= 11 is 0. The molecule has 0 aliphatic heterocycles. The Kier molecular flexibility index (Phi) is 3.46. The molecule has 0 spiro atoms. The number of hydrogen-bond donors (Lipinski definition) is 2. The van der Waals surface area contributed by atoms with E-state index in [1.165, 1.54) is 0 Å². The summed E-state index contributed by atoms with van der Waals surface area (Å²) in [6, 6.07) is 0. The summed E-state index contributed by atoms with van der Waals surface area (Å²) < 4.78 is 27.9. The highest BCUT2D eigenvalue weighted by Gasteiger charge is 2.60. The first-order chi connectivity index (χ1) is 7.50. The lowest BCUT2D eigenvalue weighted by Gasteiger charge is -2.23. The molecule has 1 aliphatic rings. The van der Waals surface area contributed by atoms with Gasteiger partial charge in [0.25, 0.3) is 0 Å². The van der Waals surface area contributed by atoms with Crippen LogP contribution in [-0.2, 0) is 14.6 Å². The predicted molar refractivity (Wildman–Crippen MR) is 64.4 cm³/mol. The van der Waals surface area contributed by atoms with Gasteiger partial charge in [0.1, 0.15) is 5.60 Å². The number of sulfone groups is 1. The second kappa shape index (κ2) is 4.13. The Bertz CT molecular complexity index is 413. The van der Waals surface area contributed by atoms with Crippen molar-refractivity contribution < 1.29 is 17.9 Å². The Morgan fingerprint density at radius 1 is 1.53 bits per heavy atom. The summed E-state index contributed by atoms with van der Waals surface area (Å²) in [6.07, 6.45) is 0.863. The molecular weight excluding hydrogens is 244 g/mol. The fourth-order valence-corrected chi connectivity index (χ4v) is 3.31. The van der Waals surface area contributed by atoms with Crippen molar-refractivity contribution in [3.05, 3.63) is 0 Å². The van der Waals surface area contributed by atoms with Gasteiger partial charge in [-0.1, -0.05) is 0 Å². The molecule has 6 nitrogen and oxygen atoms in total. The molecule has 0 aromatic carbocycles. The topological polar surface area (TPSA) is 98.5 Å². The van der Waals surface area contributed by atoms with Crippen LogP contribution in [0, 0.1) is 0 Å². The van der Waals surface area contributed by atoms with E-state index in [4.69, 9.17) is 10.5 Å². The highest BCUT2D eigenvalue weighted by Crippen LogP contribution is 2.41. The van der Waals surface area contributed by atoms with Gasteiger partial charge < -0.3 is 15.8 Å². The van der Waals surface area contributed by atoms with E-state index in [0.717, 1.165) is 6.26 Å². The van der Waals surface area contributed by atoms with Crippen molar-refractivity contribution >= 4 is 15.9 Å². The van der Waals surface area contributed by atoms with Crippen LogP contribution >= 0.6 is 0 Å². The number of ether oxygens (including phenoxy) is 1. The first kappa shape index (κ1) is 14.2. The van der Waals surface area contributed by atoms with Gasteiger partial charge in [-0.3, -0.25) is 0 Å². The van der Waals surface area contributed by atoms with E-state index >= 15 is 0 Å². The number of rotatable bonds is 3. The van der Waals surface area contributed by atoms with Gasteiger partial charge in [-0.05, 0) is 27.2 Å². The van der Waals surface area contributed by atoms with Crippen LogP contribution in [0.4, 0.5) is 4.79 Å². The van der Waals surface area contributed by atoms with Crippen molar-refractivity contribution in [2.45, 2.75) is 43.6 Å². The van der Waals surface area contributed by atoms with E-state index in [2.05, 4.69) is 5.32 Å². The Balaban J connectivity index is 2.66. The molecule has 0 aromatic heterocycles. The van der Waals surface area contributed by atoms with Crippen LogP contribution in [0.25, 0.3) is 0 Å². The predicted octanol–water partition coefficient (Wildman–Crippen LogP) is 0.0255. The Morgan fingerprint density at radius 3 is 2.35 bits per heavy atom. The lowest BCUT2D eigenvalue weighted by Crippen LogP contribution is -2.48. The minimum Gasteiger partial charge on any atom is -0.444 e. The Morgan fingerprint density at radius 2 is 2.06 bits per heavy atom. The molecule has 1 aliphatic carbocycles. The summed E-state index contributed by atoms with van der Waals surface area (Å²) in [6.45, 7) is 5.30. The molecule has 1 fully saturated rings. The average Bonchev–Trinajstić information content (AvgIpc) is 2.75. The van der Waals surface area contributed by atoms with Gasteiger partial charge in [0.15, 0.2) is 9.84 Å². The van der Waals surface area contributed by atoms with E-state index in [9.17, 15) is 13.2 Å². The number of amides is 1. The highest BCUT2D eigenvalue weighted by atomic mass is 32.2. The second-order valence-electron chi connectivity index (χ2n) is 5.51. The minimum atomic E-state index is -3.19. The van der Waals surface area contributed by atoms with E-state index < -0.39 is 32.3 Å². The van der Waals surface area contributed by atoms with Crippen molar-refractivity contribution in [2.24, 2.45) is 5.73 Å². The van der Waals surface area contributed by atoms with Crippen LogP contribution in [0.15, 0.2) is 0 Å². The fourth-order valence-electron chi connectivity index (χ4n) is 1.74. The second-order valence-corrected chi connectivity index (χ2v) is 7.74. The molecule has 0 radical (unpaired) electrons. The number of carbonyl (C=O) groups is 1. The summed E-state index contributed by atoms with van der Waals surface area (Å²) in [4.78, 5) is 11.6. The maximum atomic E-state index is 11.6. The third-order valence-electron chi connectivity index (χ3n) is 2.64. The van der Waals surface area contributed by atoms with Crippen molar-refractivity contribution in [1.82, 2.24) is 5.32 Å². The summed E-state index contributed by atoms with van der Waals surface area (Å²) in [5, 5.41) is 1.96. The van der Waals surface area contributed by atoms with E-state index in [1.807, 2.05) is 0 Å². The largest absolute Gasteiger partial charge is 0.444 e. The standard InChI is InChI=1S/C10H20N2O4S/c1-9(2,3)16-8(13)12-10(6-11)5-7(10)17(4,14)15/h7H,5-6,11H2,1-4H3,(H,12,13)/t7-,10+/m1/s1. The lowest BCUT2D eigenvalue weighted by molar-refractivity contribution is 0.0499. The van der Waals surface area contributed by atoms with Gasteiger partial charge in [-0.25, -0.2) is 13.2 Å². The third kappa shape index (κ3) is 3.57. The van der Waals surface area contributed by atoms with Crippen LogP contribution < -0.4 is 11.1 Å². The van der Waals surface area contributed by atoms with Crippen molar-refractivity contribution in [1.29, 1.82) is 0 Å². The van der Waals surface area contributed by atoms with Crippen molar-refractivity contribution in [3.8, 4) is 0 Å². The highest BCUT2D eigenvalue weighted by molar-refractivity contribution is 7.91. The first-order valence-corrected chi connectivity index (χ1v) is 7.36. The van der Waals surface area contributed by atoms with Gasteiger partial charge in [0, 0.05) is 12.8 Å². The maximum Gasteiger partial charge on any atom is 0.408 e. The van der Waals surface area contributed by atoms with Crippen LogP contribution in [0.3, 0.4) is 0 Å². The number of nitrogens with two attached hydrogens (primary N) is 1. The van der Waals surface area contributed by atoms with Gasteiger partial charge >= 0.3 is 6.09 Å². The minimum absolute atomic E-state index is 0.0873. The van der Waals surface area contributed by atoms with Crippen LogP contribution in [0.2, 0.25) is 0 Å². The van der Waals surface area contributed by atoms with Gasteiger partial charge in [0.05, 0.1) is 10.8 Å². The zero-order valence-electron chi connectivity index (χ0n) is 10.6. The molecule has 1 rings (SSSR count). The summed E-state index contributed by atoms with van der Waals surface area (Å²) in [7, 11) is -3.19. The quantitative estimate of drug-likeness (QED) is 0.749. The number of nitrogens with one attached hydrogen (secondary N) is 1. The normalized spacial score (nSPS) is 28.6. The van der Waals surface area contributed by atoms with Crippen LogP contribution in [0.5, 0.6) is 0 Å². The number of hydrogen-bond acceptors (Lipinski definition) is 5. The number of alkyl carbamates (subject to hydrolysis) is 1. The molecule has 0 saturated heterocycles. The Labute approximate surface area is 102 Å². The zero-order valence-corrected chi connectivity index (χ0v) is 11.4. The first-order valence-electron chi connectivity index (χ1n) is 5.40. The van der Waals surface area contributed by atoms with Crippen molar-refractivity contribution in [3.63, 3.8) is 0 Å².